The molecular formula is C23H21F3N2O2. The summed E-state index contributed by atoms with van der Waals surface area (Å²) >= 11 is 0. The van der Waals surface area contributed by atoms with Crippen molar-refractivity contribution < 1.29 is 22.7 Å². The van der Waals surface area contributed by atoms with E-state index in [1.54, 1.807) is 12.1 Å². The van der Waals surface area contributed by atoms with E-state index in [9.17, 15) is 18.0 Å². The van der Waals surface area contributed by atoms with Crippen LogP contribution in [0.5, 0.6) is 0 Å². The van der Waals surface area contributed by atoms with Crippen molar-refractivity contribution in [2.45, 2.75) is 31.2 Å². The molecule has 1 saturated carbocycles. The Morgan fingerprint density at radius 1 is 1.07 bits per heavy atom. The van der Waals surface area contributed by atoms with Gasteiger partial charge in [-0.3, -0.25) is 4.79 Å². The lowest BCUT2D eigenvalue weighted by Gasteiger charge is -2.37. The number of rotatable bonds is 5. The highest BCUT2D eigenvalue weighted by Crippen LogP contribution is 2.45. The molecule has 156 valence electrons. The minimum Gasteiger partial charge on any atom is -0.381 e. The number of amides is 1. The van der Waals surface area contributed by atoms with E-state index >= 15 is 0 Å². The highest BCUT2D eigenvalue weighted by Gasteiger charge is 2.36. The van der Waals surface area contributed by atoms with Gasteiger partial charge in [0.05, 0.1) is 24.4 Å². The Balaban J connectivity index is 1.42. The first-order valence-corrected chi connectivity index (χ1v) is 10.1. The lowest BCUT2D eigenvalue weighted by Crippen LogP contribution is -2.45. The SMILES string of the molecule is O=C(CC1COC1)N[C@H]1C[C@@H](c2c(-c3ccc(F)cc3)[nH]c3c(F)cc(F)cc32)C1. The van der Waals surface area contributed by atoms with Gasteiger partial charge in [-0.1, -0.05) is 0 Å². The summed E-state index contributed by atoms with van der Waals surface area (Å²) in [5, 5.41) is 3.54. The zero-order valence-electron chi connectivity index (χ0n) is 16.2. The highest BCUT2D eigenvalue weighted by atomic mass is 19.1. The maximum atomic E-state index is 14.4. The van der Waals surface area contributed by atoms with Crippen molar-refractivity contribution in [2.75, 3.05) is 13.2 Å². The van der Waals surface area contributed by atoms with E-state index in [1.807, 2.05) is 0 Å². The van der Waals surface area contributed by atoms with Crippen LogP contribution in [0.2, 0.25) is 0 Å². The fourth-order valence-corrected chi connectivity index (χ4v) is 4.43. The number of aromatic amines is 1. The number of carbonyl (C=O) groups is 1. The monoisotopic (exact) mass is 414 g/mol. The van der Waals surface area contributed by atoms with E-state index in [0.29, 0.717) is 55.0 Å². The summed E-state index contributed by atoms with van der Waals surface area (Å²) in [5.41, 5.74) is 2.42. The molecule has 0 spiro atoms. The van der Waals surface area contributed by atoms with Gasteiger partial charge in [0, 0.05) is 29.8 Å². The zero-order valence-corrected chi connectivity index (χ0v) is 16.2. The summed E-state index contributed by atoms with van der Waals surface area (Å²) in [6.07, 6.45) is 1.84. The van der Waals surface area contributed by atoms with Crippen molar-refractivity contribution in [1.82, 2.24) is 10.3 Å². The Morgan fingerprint density at radius 3 is 2.47 bits per heavy atom. The number of aromatic nitrogens is 1. The van der Waals surface area contributed by atoms with Crippen LogP contribution in [-0.4, -0.2) is 30.1 Å². The standard InChI is InChI=1S/C23H21F3N2O2/c24-15-3-1-13(2-4-15)22-21(18-8-16(25)9-19(26)23(18)28-22)14-6-17(7-14)27-20(29)5-12-10-30-11-12/h1-4,8-9,12,14,17,28H,5-7,10-11H2,(H,27,29)/t14-,17+. The number of H-pyrrole nitrogens is 1. The molecule has 1 amide bonds. The quantitative estimate of drug-likeness (QED) is 0.639. The van der Waals surface area contributed by atoms with Crippen LogP contribution in [0.15, 0.2) is 36.4 Å². The number of hydrogen-bond acceptors (Lipinski definition) is 2. The molecule has 0 unspecified atom stereocenters. The van der Waals surface area contributed by atoms with Crippen molar-refractivity contribution in [3.63, 3.8) is 0 Å². The normalized spacial score (nSPS) is 21.3. The van der Waals surface area contributed by atoms with E-state index in [1.165, 1.54) is 18.2 Å². The molecule has 5 rings (SSSR count). The van der Waals surface area contributed by atoms with Crippen LogP contribution >= 0.6 is 0 Å². The fraction of sp³-hybridized carbons (Fsp3) is 0.348. The molecule has 3 aromatic rings. The largest absolute Gasteiger partial charge is 0.381 e. The molecular weight excluding hydrogens is 393 g/mol. The van der Waals surface area contributed by atoms with E-state index in [0.717, 1.165) is 11.6 Å². The van der Waals surface area contributed by atoms with Crippen molar-refractivity contribution in [3.05, 3.63) is 59.4 Å². The first kappa shape index (κ1) is 19.2. The number of ether oxygens (including phenoxy) is 1. The highest BCUT2D eigenvalue weighted by molar-refractivity contribution is 5.92. The van der Waals surface area contributed by atoms with Crippen LogP contribution in [0.1, 0.15) is 30.7 Å². The minimum atomic E-state index is -0.661. The molecule has 2 heterocycles. The van der Waals surface area contributed by atoms with Gasteiger partial charge in [-0.15, -0.1) is 0 Å². The van der Waals surface area contributed by atoms with Crippen LogP contribution in [0.25, 0.3) is 22.2 Å². The number of nitrogens with one attached hydrogen (secondary N) is 2. The molecule has 1 saturated heterocycles. The molecule has 0 atom stereocenters. The van der Waals surface area contributed by atoms with Gasteiger partial charge in [0.2, 0.25) is 5.91 Å². The van der Waals surface area contributed by atoms with Crippen LogP contribution in [-0.2, 0) is 9.53 Å². The van der Waals surface area contributed by atoms with Crippen molar-refractivity contribution in [2.24, 2.45) is 5.92 Å². The average Bonchev–Trinajstić information content (AvgIpc) is 3.01. The Kier molecular flexibility index (Phi) is 4.77. The lowest BCUT2D eigenvalue weighted by atomic mass is 9.74. The molecule has 0 bridgehead atoms. The summed E-state index contributed by atoms with van der Waals surface area (Å²) in [6, 6.07) is 8.15. The maximum absolute atomic E-state index is 14.4. The molecule has 30 heavy (non-hydrogen) atoms. The van der Waals surface area contributed by atoms with Gasteiger partial charge in [0.1, 0.15) is 17.5 Å². The summed E-state index contributed by atoms with van der Waals surface area (Å²) in [6.45, 7) is 1.27. The third-order valence-electron chi connectivity index (χ3n) is 6.09. The summed E-state index contributed by atoms with van der Waals surface area (Å²) in [7, 11) is 0. The Bertz CT molecular complexity index is 1100. The van der Waals surface area contributed by atoms with Crippen LogP contribution in [0.3, 0.4) is 0 Å². The van der Waals surface area contributed by atoms with Crippen molar-refractivity contribution in [3.8, 4) is 11.3 Å². The maximum Gasteiger partial charge on any atom is 0.220 e. The number of carbonyl (C=O) groups excluding carboxylic acids is 1. The molecule has 0 radical (unpaired) electrons. The predicted molar refractivity (Wildman–Crippen MR) is 106 cm³/mol. The van der Waals surface area contributed by atoms with E-state index in [4.69, 9.17) is 4.74 Å². The first-order valence-electron chi connectivity index (χ1n) is 10.1. The number of fused-ring (bicyclic) bond motifs is 1. The molecule has 1 aliphatic heterocycles. The Labute approximate surface area is 171 Å². The van der Waals surface area contributed by atoms with Crippen LogP contribution < -0.4 is 5.32 Å². The third-order valence-corrected chi connectivity index (χ3v) is 6.09. The van der Waals surface area contributed by atoms with Gasteiger partial charge >= 0.3 is 0 Å². The lowest BCUT2D eigenvalue weighted by molar-refractivity contribution is -0.127. The van der Waals surface area contributed by atoms with Crippen LogP contribution in [0.4, 0.5) is 13.2 Å². The number of hydrogen-bond donors (Lipinski definition) is 2. The summed E-state index contributed by atoms with van der Waals surface area (Å²) in [4.78, 5) is 15.2. The number of benzene rings is 2. The molecule has 1 aromatic heterocycles. The second-order valence-electron chi connectivity index (χ2n) is 8.27. The van der Waals surface area contributed by atoms with Crippen molar-refractivity contribution in [1.29, 1.82) is 0 Å². The summed E-state index contributed by atoms with van der Waals surface area (Å²) in [5.74, 6) is -1.31. The molecule has 2 aromatic carbocycles. The first-order chi connectivity index (χ1) is 14.5. The number of halogens is 3. The third kappa shape index (κ3) is 3.47. The summed E-state index contributed by atoms with van der Waals surface area (Å²) < 4.78 is 46.9. The molecule has 7 heteroatoms. The van der Waals surface area contributed by atoms with Gasteiger partial charge in [-0.25, -0.2) is 13.2 Å². The van der Waals surface area contributed by atoms with Gasteiger partial charge in [0.25, 0.3) is 0 Å². The van der Waals surface area contributed by atoms with E-state index in [2.05, 4.69) is 10.3 Å². The molecule has 2 N–H and O–H groups in total. The second-order valence-corrected chi connectivity index (χ2v) is 8.27. The Morgan fingerprint density at radius 2 is 1.80 bits per heavy atom. The van der Waals surface area contributed by atoms with Gasteiger partial charge in [0.15, 0.2) is 0 Å². The van der Waals surface area contributed by atoms with Gasteiger partial charge in [-0.05, 0) is 60.2 Å². The molecule has 2 fully saturated rings. The molecule has 4 nitrogen and oxygen atoms in total. The fourth-order valence-electron chi connectivity index (χ4n) is 4.43. The van der Waals surface area contributed by atoms with Gasteiger partial charge in [-0.2, -0.15) is 0 Å². The second kappa shape index (κ2) is 7.47. The zero-order chi connectivity index (χ0) is 20.8. The Hall–Kier alpha value is -2.80. The minimum absolute atomic E-state index is 0.0153. The average molecular weight is 414 g/mol. The van der Waals surface area contributed by atoms with Crippen molar-refractivity contribution >= 4 is 16.8 Å². The smallest absolute Gasteiger partial charge is 0.220 e. The van der Waals surface area contributed by atoms with E-state index < -0.39 is 11.6 Å². The van der Waals surface area contributed by atoms with Gasteiger partial charge < -0.3 is 15.0 Å². The predicted octanol–water partition coefficient (Wildman–Crippen LogP) is 4.65. The topological polar surface area (TPSA) is 54.1 Å². The van der Waals surface area contributed by atoms with Crippen LogP contribution in [0, 0.1) is 23.4 Å². The molecule has 1 aliphatic carbocycles. The molecule has 2 aliphatic rings. The van der Waals surface area contributed by atoms with E-state index in [-0.39, 0.29) is 29.2 Å².